The second kappa shape index (κ2) is 9.34. The molecule has 0 aromatic heterocycles. The fraction of sp³-hybridized carbons (Fsp3) is 0.176. The summed E-state index contributed by atoms with van der Waals surface area (Å²) in [6.45, 7) is -0.366. The highest BCUT2D eigenvalue weighted by Crippen LogP contribution is 2.37. The van der Waals surface area contributed by atoms with Gasteiger partial charge < -0.3 is 9.47 Å². The third kappa shape index (κ3) is 5.28. The fourth-order valence-electron chi connectivity index (χ4n) is 1.90. The maximum atomic E-state index is 12.1. The quantitative estimate of drug-likeness (QED) is 0.268. The number of Topliss-reactive ketones (excluding diaryl/α,β-unsaturated/α-hetero) is 1. The number of ether oxygens (including phenoxy) is 2. The standard InChI is InChI=1S/C17H13Cl3O4S/c1-23-13-5-3-2-4-10(13)12(21)8-24-15(22)9-25-14-7-6-11(18)16(19)17(14)20/h2-7H,8-9H2,1H3. The van der Waals surface area contributed by atoms with Crippen LogP contribution in [0.3, 0.4) is 0 Å². The molecule has 0 spiro atoms. The molecule has 0 saturated heterocycles. The Balaban J connectivity index is 1.89. The van der Waals surface area contributed by atoms with Crippen LogP contribution in [0.4, 0.5) is 0 Å². The van der Waals surface area contributed by atoms with Crippen molar-refractivity contribution in [3.05, 3.63) is 57.0 Å². The van der Waals surface area contributed by atoms with E-state index in [9.17, 15) is 9.59 Å². The average Bonchev–Trinajstić information content (AvgIpc) is 2.63. The van der Waals surface area contributed by atoms with Crippen molar-refractivity contribution in [2.24, 2.45) is 0 Å². The van der Waals surface area contributed by atoms with Crippen LogP contribution in [0.2, 0.25) is 15.1 Å². The van der Waals surface area contributed by atoms with Gasteiger partial charge in [0.15, 0.2) is 6.61 Å². The highest BCUT2D eigenvalue weighted by Gasteiger charge is 2.15. The summed E-state index contributed by atoms with van der Waals surface area (Å²) in [5.74, 6) is -0.476. The summed E-state index contributed by atoms with van der Waals surface area (Å²) in [4.78, 5) is 24.6. The second-order valence-corrected chi connectivity index (χ2v) is 6.93. The Labute approximate surface area is 164 Å². The molecular weight excluding hydrogens is 407 g/mol. The first-order valence-corrected chi connectivity index (χ1v) is 9.14. The molecule has 0 unspecified atom stereocenters. The lowest BCUT2D eigenvalue weighted by Gasteiger charge is -2.09. The predicted molar refractivity (Wildman–Crippen MR) is 100 cm³/mol. The third-order valence-electron chi connectivity index (χ3n) is 3.12. The zero-order chi connectivity index (χ0) is 18.4. The van der Waals surface area contributed by atoms with E-state index in [-0.39, 0.29) is 28.2 Å². The second-order valence-electron chi connectivity index (χ2n) is 4.75. The Morgan fingerprint density at radius 1 is 1.04 bits per heavy atom. The summed E-state index contributed by atoms with van der Waals surface area (Å²) >= 11 is 19.0. The zero-order valence-electron chi connectivity index (χ0n) is 13.1. The minimum atomic E-state index is -0.546. The number of ketones is 1. The minimum absolute atomic E-state index is 0.0170. The number of methoxy groups -OCH3 is 1. The molecule has 0 amide bonds. The molecule has 4 nitrogen and oxygen atoms in total. The smallest absolute Gasteiger partial charge is 0.316 e. The average molecular weight is 420 g/mol. The molecule has 0 bridgehead atoms. The van der Waals surface area contributed by atoms with Crippen molar-refractivity contribution in [1.82, 2.24) is 0 Å². The van der Waals surface area contributed by atoms with Crippen LogP contribution in [0.15, 0.2) is 41.3 Å². The Hall–Kier alpha value is -1.40. The van der Waals surface area contributed by atoms with Crippen molar-refractivity contribution in [3.63, 3.8) is 0 Å². The van der Waals surface area contributed by atoms with Gasteiger partial charge in [0.1, 0.15) is 5.75 Å². The maximum Gasteiger partial charge on any atom is 0.316 e. The summed E-state index contributed by atoms with van der Waals surface area (Å²) in [5, 5.41) is 0.839. The molecule has 0 radical (unpaired) electrons. The van der Waals surface area contributed by atoms with Gasteiger partial charge in [-0.3, -0.25) is 9.59 Å². The van der Waals surface area contributed by atoms with Crippen molar-refractivity contribution < 1.29 is 19.1 Å². The summed E-state index contributed by atoms with van der Waals surface area (Å²) < 4.78 is 10.1. The monoisotopic (exact) mass is 418 g/mol. The molecular formula is C17H13Cl3O4S. The van der Waals surface area contributed by atoms with Crippen molar-refractivity contribution >= 4 is 58.3 Å². The predicted octanol–water partition coefficient (Wildman–Crippen LogP) is 5.17. The topological polar surface area (TPSA) is 52.6 Å². The number of thioether (sulfide) groups is 1. The van der Waals surface area contributed by atoms with Crippen LogP contribution in [0.25, 0.3) is 0 Å². The number of hydrogen-bond donors (Lipinski definition) is 0. The molecule has 0 aliphatic heterocycles. The van der Waals surface area contributed by atoms with Crippen LogP contribution in [-0.4, -0.2) is 31.2 Å². The van der Waals surface area contributed by atoms with E-state index in [0.29, 0.717) is 21.2 Å². The molecule has 2 aromatic carbocycles. The van der Waals surface area contributed by atoms with Crippen LogP contribution in [0.1, 0.15) is 10.4 Å². The van der Waals surface area contributed by atoms with Crippen molar-refractivity contribution in [1.29, 1.82) is 0 Å². The number of rotatable bonds is 7. The fourth-order valence-corrected chi connectivity index (χ4v) is 3.40. The number of halogens is 3. The lowest BCUT2D eigenvalue weighted by molar-refractivity contribution is -0.139. The number of esters is 1. The van der Waals surface area contributed by atoms with E-state index in [1.165, 1.54) is 7.11 Å². The van der Waals surface area contributed by atoms with E-state index < -0.39 is 5.97 Å². The van der Waals surface area contributed by atoms with Gasteiger partial charge in [-0.25, -0.2) is 0 Å². The highest BCUT2D eigenvalue weighted by atomic mass is 35.5. The molecule has 132 valence electrons. The molecule has 0 atom stereocenters. The van der Waals surface area contributed by atoms with Gasteiger partial charge in [0.05, 0.1) is 33.5 Å². The van der Waals surface area contributed by atoms with Crippen molar-refractivity contribution in [2.45, 2.75) is 4.90 Å². The number of carbonyl (C=O) groups excluding carboxylic acids is 2. The number of carbonyl (C=O) groups is 2. The van der Waals surface area contributed by atoms with E-state index in [1.54, 1.807) is 36.4 Å². The lowest BCUT2D eigenvalue weighted by Crippen LogP contribution is -2.16. The van der Waals surface area contributed by atoms with Gasteiger partial charge in [-0.2, -0.15) is 0 Å². The molecule has 0 saturated carbocycles. The Bertz CT molecular complexity index is 795. The van der Waals surface area contributed by atoms with E-state index >= 15 is 0 Å². The maximum absolute atomic E-state index is 12.1. The van der Waals surface area contributed by atoms with Gasteiger partial charge in [0.25, 0.3) is 0 Å². The lowest BCUT2D eigenvalue weighted by atomic mass is 10.1. The number of benzene rings is 2. The number of hydrogen-bond acceptors (Lipinski definition) is 5. The van der Waals surface area contributed by atoms with Gasteiger partial charge in [-0.05, 0) is 24.3 Å². The molecule has 2 aromatic rings. The molecule has 0 aliphatic carbocycles. The van der Waals surface area contributed by atoms with Crippen LogP contribution in [0.5, 0.6) is 5.75 Å². The van der Waals surface area contributed by atoms with Gasteiger partial charge in [-0.15, -0.1) is 11.8 Å². The van der Waals surface area contributed by atoms with Crippen molar-refractivity contribution in [3.8, 4) is 5.75 Å². The summed E-state index contributed by atoms with van der Waals surface area (Å²) in [6, 6.07) is 9.98. The van der Waals surface area contributed by atoms with E-state index in [2.05, 4.69) is 0 Å². The first-order chi connectivity index (χ1) is 11.9. The highest BCUT2D eigenvalue weighted by molar-refractivity contribution is 8.00. The van der Waals surface area contributed by atoms with Gasteiger partial charge in [-0.1, -0.05) is 46.9 Å². The van der Waals surface area contributed by atoms with E-state index in [1.807, 2.05) is 0 Å². The number of para-hydroxylation sites is 1. The summed E-state index contributed by atoms with van der Waals surface area (Å²) in [5.41, 5.74) is 0.359. The van der Waals surface area contributed by atoms with E-state index in [4.69, 9.17) is 44.3 Å². The van der Waals surface area contributed by atoms with Gasteiger partial charge in [0.2, 0.25) is 5.78 Å². The normalized spacial score (nSPS) is 10.4. The van der Waals surface area contributed by atoms with Gasteiger partial charge >= 0.3 is 5.97 Å². The Morgan fingerprint density at radius 3 is 2.48 bits per heavy atom. The van der Waals surface area contributed by atoms with Crippen molar-refractivity contribution in [2.75, 3.05) is 19.5 Å². The molecule has 0 aliphatic rings. The molecule has 8 heteroatoms. The van der Waals surface area contributed by atoms with Crippen LogP contribution in [0, 0.1) is 0 Å². The van der Waals surface area contributed by atoms with E-state index in [0.717, 1.165) is 11.8 Å². The molecule has 0 fully saturated rings. The Morgan fingerprint density at radius 2 is 1.76 bits per heavy atom. The molecule has 2 rings (SSSR count). The molecule has 0 N–H and O–H groups in total. The Kier molecular flexibility index (Phi) is 7.44. The first kappa shape index (κ1) is 19.9. The summed E-state index contributed by atoms with van der Waals surface area (Å²) in [7, 11) is 1.47. The largest absolute Gasteiger partial charge is 0.496 e. The minimum Gasteiger partial charge on any atom is -0.496 e. The molecule has 25 heavy (non-hydrogen) atoms. The summed E-state index contributed by atoms with van der Waals surface area (Å²) in [6.07, 6.45) is 0. The molecule has 0 heterocycles. The van der Waals surface area contributed by atoms with Crippen LogP contribution >= 0.6 is 46.6 Å². The van der Waals surface area contributed by atoms with Gasteiger partial charge in [0, 0.05) is 4.90 Å². The third-order valence-corrected chi connectivity index (χ3v) is 5.55. The zero-order valence-corrected chi connectivity index (χ0v) is 16.1. The first-order valence-electron chi connectivity index (χ1n) is 7.02. The van der Waals surface area contributed by atoms with Crippen LogP contribution < -0.4 is 4.74 Å². The van der Waals surface area contributed by atoms with Crippen LogP contribution in [-0.2, 0) is 9.53 Å². The SMILES string of the molecule is COc1ccccc1C(=O)COC(=O)CSc1ccc(Cl)c(Cl)c1Cl.